The maximum atomic E-state index is 12.2. The number of hydrogen-bond donors (Lipinski definition) is 1. The summed E-state index contributed by atoms with van der Waals surface area (Å²) in [6, 6.07) is 25.5. The topological polar surface area (TPSA) is 38.3 Å². The second-order valence-corrected chi connectivity index (χ2v) is 6.92. The summed E-state index contributed by atoms with van der Waals surface area (Å²) in [6.45, 7) is 4.81. The van der Waals surface area contributed by atoms with E-state index in [0.717, 1.165) is 17.0 Å². The van der Waals surface area contributed by atoms with Gasteiger partial charge in [0.15, 0.2) is 5.78 Å². The molecule has 0 spiro atoms. The Hall–Kier alpha value is -3.33. The highest BCUT2D eigenvalue weighted by Crippen LogP contribution is 2.18. The highest BCUT2D eigenvalue weighted by molar-refractivity contribution is 6.04. The molecule has 3 heteroatoms. The highest BCUT2D eigenvalue weighted by atomic mass is 16.5. The Morgan fingerprint density at radius 2 is 1.61 bits per heavy atom. The summed E-state index contributed by atoms with van der Waals surface area (Å²) in [5.41, 5.74) is 3.94. The zero-order valence-corrected chi connectivity index (χ0v) is 16.3. The quantitative estimate of drug-likeness (QED) is 0.378. The zero-order chi connectivity index (χ0) is 19.8. The van der Waals surface area contributed by atoms with E-state index in [2.05, 4.69) is 19.2 Å². The van der Waals surface area contributed by atoms with Crippen molar-refractivity contribution in [3.8, 4) is 5.75 Å². The third-order valence-corrected chi connectivity index (χ3v) is 4.45. The number of ether oxygens (including phenoxy) is 1. The van der Waals surface area contributed by atoms with Gasteiger partial charge in [-0.05, 0) is 41.3 Å². The number of rotatable bonds is 8. The molecule has 0 atom stereocenters. The molecule has 0 amide bonds. The number of allylic oxidation sites excluding steroid dienone is 1. The molecule has 3 nitrogen and oxygen atoms in total. The number of nitrogens with one attached hydrogen (secondary N) is 1. The van der Waals surface area contributed by atoms with Crippen LogP contribution in [0.2, 0.25) is 0 Å². The first-order chi connectivity index (χ1) is 13.6. The molecule has 0 fully saturated rings. The smallest absolute Gasteiger partial charge is 0.187 e. The summed E-state index contributed by atoms with van der Waals surface area (Å²) in [7, 11) is 0. The van der Waals surface area contributed by atoms with Crippen LogP contribution in [0.1, 0.15) is 41.3 Å². The Balaban J connectivity index is 1.50. The molecule has 0 bridgehead atoms. The first-order valence-electron chi connectivity index (χ1n) is 9.46. The molecule has 0 unspecified atom stereocenters. The van der Waals surface area contributed by atoms with Crippen molar-refractivity contribution in [2.24, 2.45) is 0 Å². The minimum Gasteiger partial charge on any atom is -0.489 e. The molecule has 0 heterocycles. The molecule has 0 radical (unpaired) electrons. The predicted molar refractivity (Wildman–Crippen MR) is 115 cm³/mol. The van der Waals surface area contributed by atoms with Gasteiger partial charge in [0, 0.05) is 23.5 Å². The van der Waals surface area contributed by atoms with E-state index in [0.29, 0.717) is 18.1 Å². The lowest BCUT2D eigenvalue weighted by Gasteiger charge is -2.07. The third-order valence-electron chi connectivity index (χ3n) is 4.45. The lowest BCUT2D eigenvalue weighted by molar-refractivity contribution is 0.104. The number of carbonyl (C=O) groups excluding carboxylic acids is 1. The van der Waals surface area contributed by atoms with Crippen LogP contribution in [0.5, 0.6) is 5.75 Å². The maximum absolute atomic E-state index is 12.2. The molecule has 3 rings (SSSR count). The fourth-order valence-corrected chi connectivity index (χ4v) is 2.73. The van der Waals surface area contributed by atoms with Crippen LogP contribution in [0.3, 0.4) is 0 Å². The lowest BCUT2D eigenvalue weighted by Crippen LogP contribution is -1.98. The van der Waals surface area contributed by atoms with Crippen LogP contribution in [0.15, 0.2) is 91.1 Å². The number of ketones is 1. The molecule has 0 aliphatic carbocycles. The van der Waals surface area contributed by atoms with Gasteiger partial charge in [0.25, 0.3) is 0 Å². The number of benzene rings is 3. The maximum Gasteiger partial charge on any atom is 0.187 e. The van der Waals surface area contributed by atoms with Gasteiger partial charge in [0.1, 0.15) is 12.4 Å². The van der Waals surface area contributed by atoms with Gasteiger partial charge < -0.3 is 10.1 Å². The zero-order valence-electron chi connectivity index (χ0n) is 16.3. The van der Waals surface area contributed by atoms with Gasteiger partial charge in [-0.1, -0.05) is 68.4 Å². The van der Waals surface area contributed by atoms with Crippen molar-refractivity contribution in [2.45, 2.75) is 26.4 Å². The van der Waals surface area contributed by atoms with Crippen molar-refractivity contribution in [2.75, 3.05) is 5.32 Å². The summed E-state index contributed by atoms with van der Waals surface area (Å²) in [5, 5.41) is 3.12. The summed E-state index contributed by atoms with van der Waals surface area (Å²) in [4.78, 5) is 12.2. The second-order valence-electron chi connectivity index (χ2n) is 6.92. The van der Waals surface area contributed by atoms with Crippen molar-refractivity contribution in [3.63, 3.8) is 0 Å². The van der Waals surface area contributed by atoms with Gasteiger partial charge in [-0.2, -0.15) is 0 Å². The largest absolute Gasteiger partial charge is 0.489 e. The van der Waals surface area contributed by atoms with Crippen LogP contribution in [0.25, 0.3) is 0 Å². The normalized spacial score (nSPS) is 11.0. The van der Waals surface area contributed by atoms with Crippen molar-refractivity contribution < 1.29 is 9.53 Å². The van der Waals surface area contributed by atoms with Crippen LogP contribution in [0, 0.1) is 0 Å². The van der Waals surface area contributed by atoms with Gasteiger partial charge >= 0.3 is 0 Å². The molecular formula is C25H25NO2. The first kappa shape index (κ1) is 19.4. The first-order valence-corrected chi connectivity index (χ1v) is 9.46. The van der Waals surface area contributed by atoms with E-state index < -0.39 is 0 Å². The Bertz CT molecular complexity index is 911. The van der Waals surface area contributed by atoms with Crippen LogP contribution < -0.4 is 10.1 Å². The lowest BCUT2D eigenvalue weighted by atomic mass is 10.0. The van der Waals surface area contributed by atoms with E-state index in [-0.39, 0.29) is 5.78 Å². The van der Waals surface area contributed by atoms with Crippen LogP contribution in [-0.2, 0) is 6.61 Å². The molecule has 0 saturated heterocycles. The minimum absolute atomic E-state index is 0.0226. The number of carbonyl (C=O) groups is 1. The number of hydrogen-bond acceptors (Lipinski definition) is 3. The number of anilines is 1. The van der Waals surface area contributed by atoms with Crippen molar-refractivity contribution in [1.29, 1.82) is 0 Å². The summed E-state index contributed by atoms with van der Waals surface area (Å²) in [5.74, 6) is 1.24. The average molecular weight is 371 g/mol. The predicted octanol–water partition coefficient (Wildman–Crippen LogP) is 6.20. The minimum atomic E-state index is -0.0226. The molecule has 3 aromatic carbocycles. The van der Waals surface area contributed by atoms with E-state index in [4.69, 9.17) is 4.74 Å². The van der Waals surface area contributed by atoms with E-state index in [1.165, 1.54) is 5.56 Å². The molecular weight excluding hydrogens is 346 g/mol. The Morgan fingerprint density at radius 1 is 0.929 bits per heavy atom. The van der Waals surface area contributed by atoms with Gasteiger partial charge in [-0.15, -0.1) is 0 Å². The van der Waals surface area contributed by atoms with Gasteiger partial charge in [0.2, 0.25) is 0 Å². The van der Waals surface area contributed by atoms with Gasteiger partial charge in [-0.3, -0.25) is 4.79 Å². The molecule has 0 aliphatic heterocycles. The molecule has 0 saturated carbocycles. The SMILES string of the molecule is CC(C)c1ccc(C(=O)/C=C/Nc2ccc(OCc3ccccc3)cc2)cc1. The van der Waals surface area contributed by atoms with Crippen LogP contribution >= 0.6 is 0 Å². The van der Waals surface area contributed by atoms with Gasteiger partial charge in [0.05, 0.1) is 0 Å². The fourth-order valence-electron chi connectivity index (χ4n) is 2.73. The van der Waals surface area contributed by atoms with Crippen LogP contribution in [-0.4, -0.2) is 5.78 Å². The van der Waals surface area contributed by atoms with Crippen molar-refractivity contribution in [1.82, 2.24) is 0 Å². The molecule has 0 aromatic heterocycles. The summed E-state index contributed by atoms with van der Waals surface area (Å²) < 4.78 is 5.77. The fraction of sp³-hybridized carbons (Fsp3) is 0.160. The molecule has 0 aliphatic rings. The Labute approximate surface area is 166 Å². The summed E-state index contributed by atoms with van der Waals surface area (Å²) >= 11 is 0. The van der Waals surface area contributed by atoms with Crippen molar-refractivity contribution in [3.05, 3.63) is 108 Å². The molecule has 142 valence electrons. The summed E-state index contributed by atoms with van der Waals surface area (Å²) in [6.07, 6.45) is 3.21. The standard InChI is InChI=1S/C25H25NO2/c1-19(2)21-8-10-22(11-9-21)25(27)16-17-26-23-12-14-24(15-13-23)28-18-20-6-4-3-5-7-20/h3-17,19,26H,18H2,1-2H3/b17-16+. The molecule has 28 heavy (non-hydrogen) atoms. The van der Waals surface area contributed by atoms with E-state index in [1.54, 1.807) is 12.3 Å². The molecule has 3 aromatic rings. The van der Waals surface area contributed by atoms with Crippen molar-refractivity contribution >= 4 is 11.5 Å². The average Bonchev–Trinajstić information content (AvgIpc) is 2.74. The Kier molecular flexibility index (Phi) is 6.64. The highest BCUT2D eigenvalue weighted by Gasteiger charge is 2.03. The monoisotopic (exact) mass is 371 g/mol. The van der Waals surface area contributed by atoms with Gasteiger partial charge in [-0.25, -0.2) is 0 Å². The second kappa shape index (κ2) is 9.56. The Morgan fingerprint density at radius 3 is 2.25 bits per heavy atom. The van der Waals surface area contributed by atoms with E-state index >= 15 is 0 Å². The van der Waals surface area contributed by atoms with E-state index in [9.17, 15) is 4.79 Å². The third kappa shape index (κ3) is 5.58. The van der Waals surface area contributed by atoms with E-state index in [1.807, 2.05) is 78.9 Å². The van der Waals surface area contributed by atoms with Crippen LogP contribution in [0.4, 0.5) is 5.69 Å². The molecule has 1 N–H and O–H groups in total.